The van der Waals surface area contributed by atoms with E-state index in [1.165, 1.54) is 0 Å². The van der Waals surface area contributed by atoms with Gasteiger partial charge >= 0.3 is 5.97 Å². The van der Waals surface area contributed by atoms with Gasteiger partial charge in [0.15, 0.2) is 17.1 Å². The van der Waals surface area contributed by atoms with Gasteiger partial charge in [0.1, 0.15) is 5.52 Å². The molecule has 188 valence electrons. The Balaban J connectivity index is 1.35. The molecule has 1 aliphatic rings. The normalized spacial score (nSPS) is 14.9. The fraction of sp³-hybridized carbons (Fsp3) is 0.267. The Morgan fingerprint density at radius 1 is 1.08 bits per heavy atom. The van der Waals surface area contributed by atoms with Gasteiger partial charge in [0, 0.05) is 18.3 Å². The number of carbonyl (C=O) groups is 2. The molecular formula is C30H29N3O4. The van der Waals surface area contributed by atoms with E-state index in [0.717, 1.165) is 29.5 Å². The summed E-state index contributed by atoms with van der Waals surface area (Å²) >= 11 is 0. The minimum atomic E-state index is -1.07. The van der Waals surface area contributed by atoms with Crippen molar-refractivity contribution in [1.82, 2.24) is 14.5 Å². The summed E-state index contributed by atoms with van der Waals surface area (Å²) in [7, 11) is 0. The number of nitrogens with zero attached hydrogens (tertiary/aromatic N) is 3. The van der Waals surface area contributed by atoms with Crippen molar-refractivity contribution < 1.29 is 19.4 Å². The van der Waals surface area contributed by atoms with Gasteiger partial charge in [-0.15, -0.1) is 0 Å². The summed E-state index contributed by atoms with van der Waals surface area (Å²) in [6, 6.07) is 19.0. The molecule has 0 amide bonds. The molecule has 5 rings (SSSR count). The van der Waals surface area contributed by atoms with Gasteiger partial charge in [-0.3, -0.25) is 4.79 Å². The standard InChI is InChI=1S/C30H29N3O4/c1-21-11-13-24(14-12-21)26(34)28-32-25-10-5-17-31-27(25)33(28)18-6-9-22-7-4-8-23(19-22)20-37-30(29(35)36)15-2-3-16-30/h4-14,17,19H,2-3,15-16,18,20H2,1H3,(H,35,36). The Morgan fingerprint density at radius 3 is 2.62 bits per heavy atom. The van der Waals surface area contributed by atoms with Crippen LogP contribution in [0.15, 0.2) is 72.9 Å². The number of imidazole rings is 1. The summed E-state index contributed by atoms with van der Waals surface area (Å²) in [4.78, 5) is 34.1. The van der Waals surface area contributed by atoms with E-state index >= 15 is 0 Å². The van der Waals surface area contributed by atoms with Crippen molar-refractivity contribution in [2.75, 3.05) is 0 Å². The van der Waals surface area contributed by atoms with Crippen LogP contribution in [0.3, 0.4) is 0 Å². The Morgan fingerprint density at radius 2 is 1.86 bits per heavy atom. The Labute approximate surface area is 215 Å². The van der Waals surface area contributed by atoms with E-state index in [4.69, 9.17) is 4.74 Å². The second-order valence-corrected chi connectivity index (χ2v) is 9.53. The molecule has 2 aromatic heterocycles. The van der Waals surface area contributed by atoms with Gasteiger partial charge < -0.3 is 14.4 Å². The molecule has 2 aromatic carbocycles. The molecule has 0 unspecified atom stereocenters. The minimum Gasteiger partial charge on any atom is -0.479 e. The largest absolute Gasteiger partial charge is 0.479 e. The van der Waals surface area contributed by atoms with Crippen molar-refractivity contribution in [2.24, 2.45) is 0 Å². The maximum Gasteiger partial charge on any atom is 0.335 e. The Kier molecular flexibility index (Phi) is 6.97. The molecule has 0 aliphatic heterocycles. The number of aliphatic carboxylic acids is 1. The number of ether oxygens (including phenoxy) is 1. The third-order valence-corrected chi connectivity index (χ3v) is 6.89. The topological polar surface area (TPSA) is 94.3 Å². The van der Waals surface area contributed by atoms with E-state index in [0.29, 0.717) is 41.9 Å². The van der Waals surface area contributed by atoms with Crippen LogP contribution in [-0.4, -0.2) is 37.0 Å². The predicted octanol–water partition coefficient (Wildman–Crippen LogP) is 5.60. The fourth-order valence-electron chi connectivity index (χ4n) is 4.81. The number of hydrogen-bond donors (Lipinski definition) is 1. The number of fused-ring (bicyclic) bond motifs is 1. The highest BCUT2D eigenvalue weighted by molar-refractivity contribution is 6.08. The summed E-state index contributed by atoms with van der Waals surface area (Å²) in [5.41, 5.74) is 3.80. The van der Waals surface area contributed by atoms with Crippen molar-refractivity contribution in [3.63, 3.8) is 0 Å². The number of rotatable bonds is 9. The van der Waals surface area contributed by atoms with Gasteiger partial charge in [-0.1, -0.05) is 60.2 Å². The highest BCUT2D eigenvalue weighted by Crippen LogP contribution is 2.34. The number of pyridine rings is 1. The lowest BCUT2D eigenvalue weighted by atomic mass is 10.0. The Bertz CT molecular complexity index is 1460. The smallest absolute Gasteiger partial charge is 0.335 e. The van der Waals surface area contributed by atoms with Gasteiger partial charge in [-0.05, 0) is 61.9 Å². The van der Waals surface area contributed by atoms with Gasteiger partial charge in [-0.2, -0.15) is 0 Å². The van der Waals surface area contributed by atoms with E-state index < -0.39 is 11.6 Å². The number of aryl methyl sites for hydroxylation is 1. The van der Waals surface area contributed by atoms with E-state index in [1.807, 2.05) is 84.3 Å². The molecule has 0 atom stereocenters. The summed E-state index contributed by atoms with van der Waals surface area (Å²) in [5.74, 6) is -0.678. The lowest BCUT2D eigenvalue weighted by Crippen LogP contribution is -2.38. The summed E-state index contributed by atoms with van der Waals surface area (Å²) in [5, 5.41) is 9.65. The molecule has 1 aliphatic carbocycles. The first-order chi connectivity index (χ1) is 17.9. The average molecular weight is 496 g/mol. The molecule has 0 bridgehead atoms. The number of aromatic nitrogens is 3. The maximum atomic E-state index is 13.3. The second-order valence-electron chi connectivity index (χ2n) is 9.53. The molecule has 2 heterocycles. The molecule has 1 saturated carbocycles. The van der Waals surface area contributed by atoms with E-state index in [-0.39, 0.29) is 12.4 Å². The van der Waals surface area contributed by atoms with Crippen LogP contribution in [0, 0.1) is 6.92 Å². The third kappa shape index (κ3) is 5.22. The fourth-order valence-corrected chi connectivity index (χ4v) is 4.81. The SMILES string of the molecule is Cc1ccc(C(=O)c2nc3cccnc3n2CC=Cc2cccc(COC3(C(=O)O)CCCC3)c2)cc1. The number of allylic oxidation sites excluding steroid dienone is 1. The zero-order valence-electron chi connectivity index (χ0n) is 20.8. The van der Waals surface area contributed by atoms with Crippen LogP contribution in [0.4, 0.5) is 0 Å². The summed E-state index contributed by atoms with van der Waals surface area (Å²) in [6.07, 6.45) is 8.50. The van der Waals surface area contributed by atoms with Crippen LogP contribution < -0.4 is 0 Å². The van der Waals surface area contributed by atoms with E-state index in [9.17, 15) is 14.7 Å². The minimum absolute atomic E-state index is 0.148. The van der Waals surface area contributed by atoms with Crippen LogP contribution in [0.5, 0.6) is 0 Å². The van der Waals surface area contributed by atoms with Crippen LogP contribution in [-0.2, 0) is 22.7 Å². The zero-order chi connectivity index (χ0) is 25.8. The number of carbonyl (C=O) groups excluding carboxylic acids is 1. The first kappa shape index (κ1) is 24.6. The van der Waals surface area contributed by atoms with Crippen molar-refractivity contribution in [3.8, 4) is 0 Å². The van der Waals surface area contributed by atoms with Gasteiger partial charge in [0.25, 0.3) is 0 Å². The highest BCUT2D eigenvalue weighted by Gasteiger charge is 2.42. The number of benzene rings is 2. The summed E-state index contributed by atoms with van der Waals surface area (Å²) in [6.45, 7) is 2.65. The van der Waals surface area contributed by atoms with Crippen molar-refractivity contribution >= 4 is 29.0 Å². The van der Waals surface area contributed by atoms with E-state index in [2.05, 4.69) is 9.97 Å². The molecule has 0 spiro atoms. The Hall–Kier alpha value is -4.10. The number of ketones is 1. The monoisotopic (exact) mass is 495 g/mol. The molecular weight excluding hydrogens is 466 g/mol. The summed E-state index contributed by atoms with van der Waals surface area (Å²) < 4.78 is 7.75. The predicted molar refractivity (Wildman–Crippen MR) is 141 cm³/mol. The first-order valence-electron chi connectivity index (χ1n) is 12.5. The second kappa shape index (κ2) is 10.5. The maximum absolute atomic E-state index is 13.3. The van der Waals surface area contributed by atoms with Gasteiger partial charge in [0.05, 0.1) is 6.61 Å². The lowest BCUT2D eigenvalue weighted by molar-refractivity contribution is -0.167. The molecule has 7 heteroatoms. The van der Waals surface area contributed by atoms with Crippen molar-refractivity contribution in [2.45, 2.75) is 51.4 Å². The molecule has 0 radical (unpaired) electrons. The highest BCUT2D eigenvalue weighted by atomic mass is 16.5. The quantitative estimate of drug-likeness (QED) is 0.304. The van der Waals surface area contributed by atoms with Crippen molar-refractivity contribution in [1.29, 1.82) is 0 Å². The molecule has 1 N–H and O–H groups in total. The molecule has 37 heavy (non-hydrogen) atoms. The number of carboxylic acid groups (broad SMARTS) is 1. The van der Waals surface area contributed by atoms with Crippen LogP contribution in [0.1, 0.15) is 58.6 Å². The molecule has 7 nitrogen and oxygen atoms in total. The number of carboxylic acids is 1. The lowest BCUT2D eigenvalue weighted by Gasteiger charge is -2.24. The van der Waals surface area contributed by atoms with Crippen LogP contribution in [0.2, 0.25) is 0 Å². The van der Waals surface area contributed by atoms with Gasteiger partial charge in [-0.25, -0.2) is 14.8 Å². The zero-order valence-corrected chi connectivity index (χ0v) is 20.8. The molecule has 0 saturated heterocycles. The molecule has 1 fully saturated rings. The molecule has 4 aromatic rings. The van der Waals surface area contributed by atoms with Crippen molar-refractivity contribution in [3.05, 3.63) is 101 Å². The van der Waals surface area contributed by atoms with Crippen LogP contribution >= 0.6 is 0 Å². The van der Waals surface area contributed by atoms with Crippen LogP contribution in [0.25, 0.3) is 17.2 Å². The third-order valence-electron chi connectivity index (χ3n) is 6.89. The number of hydrogen-bond acceptors (Lipinski definition) is 5. The van der Waals surface area contributed by atoms with Gasteiger partial charge in [0.2, 0.25) is 5.78 Å². The van der Waals surface area contributed by atoms with E-state index in [1.54, 1.807) is 6.20 Å². The first-order valence-corrected chi connectivity index (χ1v) is 12.5. The average Bonchev–Trinajstić information content (AvgIpc) is 3.54.